The standard InChI is InChI=1S/C27H29ClN6O2/c1-16-24(17(2)36-34-16)19-8-9-23-22(11-19)26(31-13-18-6-5-7-21(28)10-18)33-25(32-23)20(12-29)14-30-15-27(3,4)35/h5-12,14,35H,13,15,29H2,1-4H3,(H,31,32,33). The van der Waals surface area contributed by atoms with Gasteiger partial charge in [0.15, 0.2) is 5.82 Å². The number of aromatic nitrogens is 3. The molecule has 8 nitrogen and oxygen atoms in total. The molecule has 0 aliphatic rings. The van der Waals surface area contributed by atoms with Gasteiger partial charge in [-0.15, -0.1) is 0 Å². The summed E-state index contributed by atoms with van der Waals surface area (Å²) in [5.41, 5.74) is 9.99. The first kappa shape index (κ1) is 25.3. The summed E-state index contributed by atoms with van der Waals surface area (Å²) in [4.78, 5) is 13.9. The minimum Gasteiger partial charge on any atom is -0.404 e. The molecule has 4 rings (SSSR count). The lowest BCUT2D eigenvalue weighted by Crippen LogP contribution is -2.22. The maximum atomic E-state index is 9.97. The number of halogens is 1. The molecule has 0 fully saturated rings. The lowest BCUT2D eigenvalue weighted by Gasteiger charge is -2.14. The minimum atomic E-state index is -0.932. The Morgan fingerprint density at radius 1 is 1.19 bits per heavy atom. The van der Waals surface area contributed by atoms with E-state index < -0.39 is 5.60 Å². The third-order valence-electron chi connectivity index (χ3n) is 5.51. The molecule has 2 heterocycles. The molecule has 0 unspecified atom stereocenters. The summed E-state index contributed by atoms with van der Waals surface area (Å²) < 4.78 is 5.37. The zero-order valence-corrected chi connectivity index (χ0v) is 21.5. The largest absolute Gasteiger partial charge is 0.404 e. The normalized spacial score (nSPS) is 12.6. The zero-order chi connectivity index (χ0) is 25.9. The first-order valence-corrected chi connectivity index (χ1v) is 11.9. The molecule has 0 atom stereocenters. The molecule has 186 valence electrons. The summed E-state index contributed by atoms with van der Waals surface area (Å²) in [6.07, 6.45) is 2.99. The van der Waals surface area contributed by atoms with E-state index in [1.807, 2.05) is 56.3 Å². The summed E-state index contributed by atoms with van der Waals surface area (Å²) in [6.45, 7) is 7.92. The monoisotopic (exact) mass is 504 g/mol. The van der Waals surface area contributed by atoms with Gasteiger partial charge in [0.1, 0.15) is 11.6 Å². The molecule has 2 aromatic carbocycles. The van der Waals surface area contributed by atoms with Gasteiger partial charge in [-0.1, -0.05) is 35.0 Å². The number of fused-ring (bicyclic) bond motifs is 1. The summed E-state index contributed by atoms with van der Waals surface area (Å²) >= 11 is 6.17. The highest BCUT2D eigenvalue weighted by Gasteiger charge is 2.16. The molecule has 0 spiro atoms. The van der Waals surface area contributed by atoms with E-state index in [0.717, 1.165) is 39.0 Å². The quantitative estimate of drug-likeness (QED) is 0.278. The van der Waals surface area contributed by atoms with Crippen LogP contribution in [0.25, 0.3) is 27.6 Å². The van der Waals surface area contributed by atoms with Gasteiger partial charge in [0.2, 0.25) is 0 Å². The topological polar surface area (TPSA) is 122 Å². The van der Waals surface area contributed by atoms with Crippen molar-refractivity contribution in [2.45, 2.75) is 39.8 Å². The van der Waals surface area contributed by atoms with Crippen molar-refractivity contribution in [1.82, 2.24) is 15.1 Å². The van der Waals surface area contributed by atoms with Gasteiger partial charge in [0.25, 0.3) is 0 Å². The second kappa shape index (κ2) is 10.5. The van der Waals surface area contributed by atoms with E-state index in [2.05, 4.69) is 15.5 Å². The number of benzene rings is 2. The predicted octanol–water partition coefficient (Wildman–Crippen LogP) is 5.31. The van der Waals surface area contributed by atoms with Gasteiger partial charge in [-0.05, 0) is 63.1 Å². The summed E-state index contributed by atoms with van der Waals surface area (Å²) in [5.74, 6) is 1.80. The Morgan fingerprint density at radius 3 is 2.67 bits per heavy atom. The fourth-order valence-corrected chi connectivity index (χ4v) is 4.03. The number of allylic oxidation sites excluding steroid dienone is 1. The molecule has 0 amide bonds. The van der Waals surface area contributed by atoms with Gasteiger partial charge in [-0.2, -0.15) is 0 Å². The molecule has 9 heteroatoms. The van der Waals surface area contributed by atoms with Crippen molar-refractivity contribution in [2.75, 3.05) is 11.9 Å². The highest BCUT2D eigenvalue weighted by molar-refractivity contribution is 6.30. The van der Waals surface area contributed by atoms with E-state index in [9.17, 15) is 5.11 Å². The number of aryl methyl sites for hydroxylation is 2. The van der Waals surface area contributed by atoms with Crippen LogP contribution in [0.4, 0.5) is 5.82 Å². The maximum Gasteiger partial charge on any atom is 0.165 e. The lowest BCUT2D eigenvalue weighted by atomic mass is 10.0. The first-order valence-electron chi connectivity index (χ1n) is 11.5. The second-order valence-corrected chi connectivity index (χ2v) is 9.65. The fourth-order valence-electron chi connectivity index (χ4n) is 3.82. The van der Waals surface area contributed by atoms with E-state index in [4.69, 9.17) is 31.8 Å². The summed E-state index contributed by atoms with van der Waals surface area (Å²) in [7, 11) is 0. The van der Waals surface area contributed by atoms with Crippen LogP contribution in [-0.4, -0.2) is 38.6 Å². The Kier molecular flexibility index (Phi) is 7.37. The number of aliphatic imine (C=N–C) groups is 1. The van der Waals surface area contributed by atoms with Crippen molar-refractivity contribution in [3.8, 4) is 11.1 Å². The number of hydrogen-bond donors (Lipinski definition) is 3. The number of nitrogens with zero attached hydrogens (tertiary/aromatic N) is 4. The second-order valence-electron chi connectivity index (χ2n) is 9.21. The number of rotatable bonds is 8. The first-order chi connectivity index (χ1) is 17.1. The molecule has 4 N–H and O–H groups in total. The van der Waals surface area contributed by atoms with Gasteiger partial charge in [-0.25, -0.2) is 9.97 Å². The summed E-state index contributed by atoms with van der Waals surface area (Å²) in [6, 6.07) is 13.6. The van der Waals surface area contributed by atoms with Crippen LogP contribution in [0, 0.1) is 13.8 Å². The Balaban J connectivity index is 1.79. The molecular weight excluding hydrogens is 476 g/mol. The number of hydrogen-bond acceptors (Lipinski definition) is 8. The van der Waals surface area contributed by atoms with Gasteiger partial charge >= 0.3 is 0 Å². The molecule has 4 aromatic rings. The number of nitrogens with one attached hydrogen (secondary N) is 1. The minimum absolute atomic E-state index is 0.221. The van der Waals surface area contributed by atoms with Crippen LogP contribution in [0.2, 0.25) is 5.02 Å². The zero-order valence-electron chi connectivity index (χ0n) is 20.7. The van der Waals surface area contributed by atoms with E-state index in [0.29, 0.717) is 28.8 Å². The highest BCUT2D eigenvalue weighted by Crippen LogP contribution is 2.32. The van der Waals surface area contributed by atoms with E-state index in [1.165, 1.54) is 6.20 Å². The van der Waals surface area contributed by atoms with Crippen molar-refractivity contribution in [2.24, 2.45) is 10.7 Å². The smallest absolute Gasteiger partial charge is 0.165 e. The van der Waals surface area contributed by atoms with Crippen LogP contribution < -0.4 is 11.1 Å². The molecule has 0 bridgehead atoms. The van der Waals surface area contributed by atoms with Gasteiger partial charge in [0.05, 0.1) is 28.9 Å². The van der Waals surface area contributed by atoms with Crippen LogP contribution in [0.1, 0.15) is 36.7 Å². The SMILES string of the molecule is Cc1noc(C)c1-c1ccc2nc(C(C=NCC(C)(C)O)=CN)nc(NCc3cccc(Cl)c3)c2c1. The van der Waals surface area contributed by atoms with Gasteiger partial charge in [0, 0.05) is 34.9 Å². The van der Waals surface area contributed by atoms with Crippen LogP contribution in [-0.2, 0) is 6.54 Å². The molecule has 36 heavy (non-hydrogen) atoms. The highest BCUT2D eigenvalue weighted by atomic mass is 35.5. The maximum absolute atomic E-state index is 9.97. The van der Waals surface area contributed by atoms with E-state index in [-0.39, 0.29) is 6.54 Å². The molecule has 0 aliphatic carbocycles. The van der Waals surface area contributed by atoms with Crippen molar-refractivity contribution in [3.63, 3.8) is 0 Å². The third-order valence-corrected chi connectivity index (χ3v) is 5.75. The average molecular weight is 505 g/mol. The van der Waals surface area contributed by atoms with Crippen LogP contribution >= 0.6 is 11.6 Å². The van der Waals surface area contributed by atoms with Gasteiger partial charge in [-0.3, -0.25) is 4.99 Å². The molecule has 2 aromatic heterocycles. The molecule has 0 saturated carbocycles. The third kappa shape index (κ3) is 5.90. The van der Waals surface area contributed by atoms with Crippen molar-refractivity contribution >= 4 is 40.1 Å². The number of aliphatic hydroxyl groups is 1. The van der Waals surface area contributed by atoms with Crippen LogP contribution in [0.5, 0.6) is 0 Å². The van der Waals surface area contributed by atoms with Gasteiger partial charge < -0.3 is 20.7 Å². The lowest BCUT2D eigenvalue weighted by molar-refractivity contribution is 0.0906. The van der Waals surface area contributed by atoms with E-state index >= 15 is 0 Å². The Bertz CT molecular complexity index is 1430. The molecule has 0 saturated heterocycles. The molecule has 0 radical (unpaired) electrons. The Hall–Kier alpha value is -3.75. The Morgan fingerprint density at radius 2 is 2.00 bits per heavy atom. The van der Waals surface area contributed by atoms with Crippen LogP contribution in [0.15, 0.2) is 58.2 Å². The van der Waals surface area contributed by atoms with Crippen molar-refractivity contribution in [3.05, 3.63) is 76.5 Å². The number of anilines is 1. The van der Waals surface area contributed by atoms with E-state index in [1.54, 1.807) is 20.1 Å². The fraction of sp³-hybridized carbons (Fsp3) is 0.259. The Labute approximate surface area is 214 Å². The molecule has 0 aliphatic heterocycles. The summed E-state index contributed by atoms with van der Waals surface area (Å²) in [5, 5.41) is 19.0. The molecular formula is C27H29ClN6O2. The predicted molar refractivity (Wildman–Crippen MR) is 145 cm³/mol. The van der Waals surface area contributed by atoms with Crippen molar-refractivity contribution < 1.29 is 9.63 Å². The number of nitrogens with two attached hydrogens (primary N) is 1. The average Bonchev–Trinajstić information content (AvgIpc) is 3.17. The van der Waals surface area contributed by atoms with Crippen LogP contribution in [0.3, 0.4) is 0 Å². The van der Waals surface area contributed by atoms with Crippen molar-refractivity contribution in [1.29, 1.82) is 0 Å².